The molecule has 0 spiro atoms. The van der Waals surface area contributed by atoms with Gasteiger partial charge in [-0.2, -0.15) is 11.8 Å². The molecule has 106 valence electrons. The highest BCUT2D eigenvalue weighted by Gasteiger charge is 2.30. The Hall–Kier alpha value is 0.310. The van der Waals surface area contributed by atoms with Crippen LogP contribution in [0.3, 0.4) is 0 Å². The third-order valence-corrected chi connectivity index (χ3v) is 6.15. The topological polar surface area (TPSA) is 12.0 Å². The zero-order valence-corrected chi connectivity index (χ0v) is 13.1. The monoisotopic (exact) mass is 269 g/mol. The Morgan fingerprint density at radius 1 is 1.00 bits per heavy atom. The van der Waals surface area contributed by atoms with Crippen molar-refractivity contribution in [1.82, 2.24) is 5.32 Å². The first-order chi connectivity index (χ1) is 8.83. The van der Waals surface area contributed by atoms with Gasteiger partial charge in [-0.05, 0) is 50.2 Å². The molecule has 0 aliphatic heterocycles. The first-order valence-corrected chi connectivity index (χ1v) is 9.26. The first-order valence-electron chi connectivity index (χ1n) is 8.21. The predicted octanol–water partition coefficient (Wildman–Crippen LogP) is 4.61. The van der Waals surface area contributed by atoms with Gasteiger partial charge >= 0.3 is 0 Å². The number of hydrogen-bond donors (Lipinski definition) is 1. The average molecular weight is 269 g/mol. The smallest absolute Gasteiger partial charge is 0.0201 e. The van der Waals surface area contributed by atoms with E-state index in [-0.39, 0.29) is 0 Å². The van der Waals surface area contributed by atoms with Gasteiger partial charge in [0.1, 0.15) is 0 Å². The number of thioether (sulfide) groups is 1. The third kappa shape index (κ3) is 4.16. The SMILES string of the molecule is CCCC1CCC(NC2CCCC2SCC)CC1. The minimum Gasteiger partial charge on any atom is -0.310 e. The Morgan fingerprint density at radius 3 is 2.44 bits per heavy atom. The molecule has 0 amide bonds. The van der Waals surface area contributed by atoms with Crippen molar-refractivity contribution < 1.29 is 0 Å². The maximum atomic E-state index is 3.99. The summed E-state index contributed by atoms with van der Waals surface area (Å²) in [4.78, 5) is 0. The van der Waals surface area contributed by atoms with Gasteiger partial charge in [0.25, 0.3) is 0 Å². The molecule has 2 heteroatoms. The lowest BCUT2D eigenvalue weighted by Crippen LogP contribution is -2.43. The van der Waals surface area contributed by atoms with E-state index in [4.69, 9.17) is 0 Å². The van der Waals surface area contributed by atoms with Crippen LogP contribution >= 0.6 is 11.8 Å². The standard InChI is InChI=1S/C16H31NS/c1-3-6-13-9-11-14(12-10-13)17-15-7-5-8-16(15)18-4-2/h13-17H,3-12H2,1-2H3. The van der Waals surface area contributed by atoms with Gasteiger partial charge in [0.05, 0.1) is 0 Å². The van der Waals surface area contributed by atoms with Crippen molar-refractivity contribution in [3.8, 4) is 0 Å². The van der Waals surface area contributed by atoms with Crippen LogP contribution in [-0.4, -0.2) is 23.1 Å². The van der Waals surface area contributed by atoms with Crippen LogP contribution in [0.4, 0.5) is 0 Å². The van der Waals surface area contributed by atoms with Crippen LogP contribution in [0.5, 0.6) is 0 Å². The fraction of sp³-hybridized carbons (Fsp3) is 1.00. The Balaban J connectivity index is 1.70. The molecule has 0 aromatic rings. The largest absolute Gasteiger partial charge is 0.310 e. The quantitative estimate of drug-likeness (QED) is 0.756. The second-order valence-electron chi connectivity index (χ2n) is 6.20. The van der Waals surface area contributed by atoms with Crippen LogP contribution < -0.4 is 5.32 Å². The molecule has 2 aliphatic carbocycles. The van der Waals surface area contributed by atoms with Crippen molar-refractivity contribution in [3.63, 3.8) is 0 Å². The predicted molar refractivity (Wildman–Crippen MR) is 83.3 cm³/mol. The molecule has 0 aromatic heterocycles. The van der Waals surface area contributed by atoms with Crippen molar-refractivity contribution in [2.24, 2.45) is 5.92 Å². The van der Waals surface area contributed by atoms with Gasteiger partial charge in [-0.25, -0.2) is 0 Å². The second-order valence-corrected chi connectivity index (χ2v) is 7.72. The highest BCUT2D eigenvalue weighted by molar-refractivity contribution is 7.99. The van der Waals surface area contributed by atoms with Crippen molar-refractivity contribution >= 4 is 11.8 Å². The molecule has 2 atom stereocenters. The summed E-state index contributed by atoms with van der Waals surface area (Å²) in [5.74, 6) is 2.32. The summed E-state index contributed by atoms with van der Waals surface area (Å²) in [7, 11) is 0. The summed E-state index contributed by atoms with van der Waals surface area (Å²) in [6.45, 7) is 4.63. The summed E-state index contributed by atoms with van der Waals surface area (Å²) >= 11 is 2.18. The number of hydrogen-bond acceptors (Lipinski definition) is 2. The van der Waals surface area contributed by atoms with E-state index in [0.717, 1.165) is 23.3 Å². The van der Waals surface area contributed by atoms with Crippen molar-refractivity contribution in [1.29, 1.82) is 0 Å². The molecule has 2 saturated carbocycles. The molecule has 0 radical (unpaired) electrons. The van der Waals surface area contributed by atoms with E-state index in [2.05, 4.69) is 30.9 Å². The lowest BCUT2D eigenvalue weighted by Gasteiger charge is -2.32. The molecule has 1 N–H and O–H groups in total. The summed E-state index contributed by atoms with van der Waals surface area (Å²) in [6, 6.07) is 1.66. The Labute approximate surface area is 118 Å². The van der Waals surface area contributed by atoms with Gasteiger partial charge < -0.3 is 5.32 Å². The summed E-state index contributed by atoms with van der Waals surface area (Å²) < 4.78 is 0. The zero-order chi connectivity index (χ0) is 12.8. The summed E-state index contributed by atoms with van der Waals surface area (Å²) in [5.41, 5.74) is 0. The molecule has 2 aliphatic rings. The fourth-order valence-electron chi connectivity index (χ4n) is 3.86. The third-order valence-electron chi connectivity index (χ3n) is 4.83. The van der Waals surface area contributed by atoms with Gasteiger partial charge in [0, 0.05) is 17.3 Å². The van der Waals surface area contributed by atoms with Crippen LogP contribution in [0.1, 0.15) is 71.6 Å². The summed E-state index contributed by atoms with van der Waals surface area (Å²) in [6.07, 6.45) is 13.0. The minimum atomic E-state index is 0.822. The number of rotatable bonds is 6. The molecular formula is C16H31NS. The molecule has 2 fully saturated rings. The normalized spacial score (nSPS) is 37.0. The minimum absolute atomic E-state index is 0.822. The zero-order valence-electron chi connectivity index (χ0n) is 12.3. The van der Waals surface area contributed by atoms with Crippen LogP contribution in [-0.2, 0) is 0 Å². The van der Waals surface area contributed by atoms with Gasteiger partial charge in [0.2, 0.25) is 0 Å². The Bertz CT molecular complexity index is 223. The van der Waals surface area contributed by atoms with E-state index in [1.807, 2.05) is 0 Å². The fourth-order valence-corrected chi connectivity index (χ4v) is 5.07. The van der Waals surface area contributed by atoms with Crippen LogP contribution in [0.15, 0.2) is 0 Å². The first kappa shape index (κ1) is 14.7. The van der Waals surface area contributed by atoms with E-state index >= 15 is 0 Å². The molecular weight excluding hydrogens is 238 g/mol. The van der Waals surface area contributed by atoms with Crippen LogP contribution in [0.25, 0.3) is 0 Å². The lowest BCUT2D eigenvalue weighted by molar-refractivity contribution is 0.264. The summed E-state index contributed by atoms with van der Waals surface area (Å²) in [5, 5.41) is 4.90. The molecule has 2 rings (SSSR count). The molecule has 0 aromatic carbocycles. The highest BCUT2D eigenvalue weighted by atomic mass is 32.2. The van der Waals surface area contributed by atoms with Gasteiger partial charge in [-0.3, -0.25) is 0 Å². The second kappa shape index (κ2) is 7.79. The molecule has 1 nitrogen and oxygen atoms in total. The Kier molecular flexibility index (Phi) is 6.37. The molecule has 0 heterocycles. The van der Waals surface area contributed by atoms with Gasteiger partial charge in [-0.15, -0.1) is 0 Å². The van der Waals surface area contributed by atoms with E-state index in [1.54, 1.807) is 0 Å². The number of nitrogens with one attached hydrogen (secondary N) is 1. The van der Waals surface area contributed by atoms with Crippen molar-refractivity contribution in [2.75, 3.05) is 5.75 Å². The van der Waals surface area contributed by atoms with Crippen LogP contribution in [0, 0.1) is 5.92 Å². The van der Waals surface area contributed by atoms with Crippen molar-refractivity contribution in [2.45, 2.75) is 89.0 Å². The van der Waals surface area contributed by atoms with Gasteiger partial charge in [-0.1, -0.05) is 33.1 Å². The Morgan fingerprint density at radius 2 is 1.78 bits per heavy atom. The van der Waals surface area contributed by atoms with Crippen molar-refractivity contribution in [3.05, 3.63) is 0 Å². The van der Waals surface area contributed by atoms with E-state index in [0.29, 0.717) is 0 Å². The molecule has 0 bridgehead atoms. The maximum absolute atomic E-state index is 3.99. The maximum Gasteiger partial charge on any atom is 0.0201 e. The van der Waals surface area contributed by atoms with E-state index < -0.39 is 0 Å². The van der Waals surface area contributed by atoms with E-state index in [9.17, 15) is 0 Å². The average Bonchev–Trinajstić information content (AvgIpc) is 2.80. The van der Waals surface area contributed by atoms with Gasteiger partial charge in [0.15, 0.2) is 0 Å². The highest BCUT2D eigenvalue weighted by Crippen LogP contribution is 2.33. The van der Waals surface area contributed by atoms with E-state index in [1.165, 1.54) is 63.5 Å². The molecule has 2 unspecified atom stereocenters. The van der Waals surface area contributed by atoms with Crippen LogP contribution in [0.2, 0.25) is 0 Å². The molecule has 0 saturated heterocycles. The molecule has 18 heavy (non-hydrogen) atoms. The lowest BCUT2D eigenvalue weighted by atomic mass is 9.83.